The van der Waals surface area contributed by atoms with E-state index in [0.717, 1.165) is 29.0 Å². The van der Waals surface area contributed by atoms with Crippen LogP contribution in [-0.4, -0.2) is 42.3 Å². The minimum absolute atomic E-state index is 0.511. The largest absolute Gasteiger partial charge is 0.491 e. The van der Waals surface area contributed by atoms with Gasteiger partial charge in [0.1, 0.15) is 12.4 Å². The van der Waals surface area contributed by atoms with Gasteiger partial charge in [-0.1, -0.05) is 35.0 Å². The topological polar surface area (TPSA) is 51.4 Å². The van der Waals surface area contributed by atoms with Crippen LogP contribution < -0.4 is 4.74 Å². The number of hydrogen-bond donors (Lipinski definition) is 0. The van der Waals surface area contributed by atoms with Crippen LogP contribution in [0.25, 0.3) is 22.8 Å². The Morgan fingerprint density at radius 1 is 1.08 bits per heavy atom. The van der Waals surface area contributed by atoms with Gasteiger partial charge < -0.3 is 14.2 Å². The van der Waals surface area contributed by atoms with E-state index in [4.69, 9.17) is 9.26 Å². The highest BCUT2D eigenvalue weighted by Crippen LogP contribution is 2.29. The number of benzene rings is 2. The van der Waals surface area contributed by atoms with Crippen LogP contribution >= 0.6 is 0 Å². The van der Waals surface area contributed by atoms with E-state index in [1.807, 2.05) is 69.6 Å². The summed E-state index contributed by atoms with van der Waals surface area (Å²) >= 11 is 0. The van der Waals surface area contributed by atoms with E-state index in [0.29, 0.717) is 18.3 Å². The van der Waals surface area contributed by atoms with E-state index in [1.165, 1.54) is 0 Å². The highest BCUT2D eigenvalue weighted by Gasteiger charge is 2.14. The van der Waals surface area contributed by atoms with E-state index >= 15 is 0 Å². The molecule has 2 aromatic carbocycles. The van der Waals surface area contributed by atoms with Gasteiger partial charge in [-0.3, -0.25) is 0 Å². The molecule has 0 N–H and O–H groups in total. The molecule has 0 atom stereocenters. The maximum Gasteiger partial charge on any atom is 0.258 e. The first kappa shape index (κ1) is 16.2. The van der Waals surface area contributed by atoms with Crippen LogP contribution in [-0.2, 0) is 0 Å². The van der Waals surface area contributed by atoms with Crippen LogP contribution in [0.4, 0.5) is 0 Å². The van der Waals surface area contributed by atoms with Crippen LogP contribution in [0.1, 0.15) is 5.56 Å². The van der Waals surface area contributed by atoms with Gasteiger partial charge in [-0.15, -0.1) is 0 Å². The Kier molecular flexibility index (Phi) is 4.91. The lowest BCUT2D eigenvalue weighted by atomic mass is 10.1. The number of aromatic nitrogens is 2. The number of nitrogens with zero attached hydrogens (tertiary/aromatic N) is 3. The predicted octanol–water partition coefficient (Wildman–Crippen LogP) is 3.65. The van der Waals surface area contributed by atoms with Crippen molar-refractivity contribution in [1.29, 1.82) is 0 Å². The van der Waals surface area contributed by atoms with Gasteiger partial charge in [-0.2, -0.15) is 4.98 Å². The maximum absolute atomic E-state index is 5.87. The monoisotopic (exact) mass is 323 g/mol. The van der Waals surface area contributed by atoms with Crippen LogP contribution in [0.2, 0.25) is 0 Å². The zero-order valence-electron chi connectivity index (χ0n) is 14.2. The lowest BCUT2D eigenvalue weighted by molar-refractivity contribution is 0.262. The summed E-state index contributed by atoms with van der Waals surface area (Å²) in [5.74, 6) is 1.81. The molecular weight excluding hydrogens is 302 g/mol. The van der Waals surface area contributed by atoms with Gasteiger partial charge in [0, 0.05) is 12.1 Å². The Bertz CT molecular complexity index is 812. The normalized spacial score (nSPS) is 11.0. The van der Waals surface area contributed by atoms with Gasteiger partial charge in [-0.05, 0) is 45.3 Å². The third-order valence-electron chi connectivity index (χ3n) is 3.62. The molecule has 0 aliphatic rings. The molecule has 5 heteroatoms. The fraction of sp³-hybridized carbons (Fsp3) is 0.263. The van der Waals surface area contributed by atoms with Crippen molar-refractivity contribution in [3.8, 4) is 28.6 Å². The first-order valence-electron chi connectivity index (χ1n) is 7.91. The summed E-state index contributed by atoms with van der Waals surface area (Å²) in [4.78, 5) is 6.60. The third-order valence-corrected chi connectivity index (χ3v) is 3.62. The third kappa shape index (κ3) is 3.81. The zero-order valence-corrected chi connectivity index (χ0v) is 14.2. The Morgan fingerprint density at radius 3 is 2.71 bits per heavy atom. The molecule has 0 fully saturated rings. The van der Waals surface area contributed by atoms with Gasteiger partial charge in [-0.25, -0.2) is 0 Å². The Morgan fingerprint density at radius 2 is 1.92 bits per heavy atom. The minimum atomic E-state index is 0.511. The van der Waals surface area contributed by atoms with Crippen molar-refractivity contribution in [2.75, 3.05) is 27.2 Å². The maximum atomic E-state index is 5.87. The molecule has 3 aromatic rings. The molecule has 0 saturated heterocycles. The second-order valence-corrected chi connectivity index (χ2v) is 5.94. The molecular formula is C19H21N3O2. The van der Waals surface area contributed by atoms with Crippen molar-refractivity contribution >= 4 is 0 Å². The molecule has 1 heterocycles. The molecule has 24 heavy (non-hydrogen) atoms. The molecule has 0 radical (unpaired) electrons. The standard InChI is InChI=1S/C19H21N3O2/c1-14-7-6-8-15(13-14)19-20-18(21-24-19)16-9-4-5-10-17(16)23-12-11-22(2)3/h4-10,13H,11-12H2,1-3H3. The number of likely N-dealkylation sites (N-methyl/N-ethyl adjacent to an activating group) is 1. The molecule has 0 saturated carbocycles. The smallest absolute Gasteiger partial charge is 0.258 e. The minimum Gasteiger partial charge on any atom is -0.491 e. The summed E-state index contributed by atoms with van der Waals surface area (Å²) in [5, 5.41) is 4.12. The summed E-state index contributed by atoms with van der Waals surface area (Å²) in [5.41, 5.74) is 2.90. The van der Waals surface area contributed by atoms with Crippen molar-refractivity contribution in [3.05, 3.63) is 54.1 Å². The van der Waals surface area contributed by atoms with Crippen molar-refractivity contribution in [1.82, 2.24) is 15.0 Å². The first-order chi connectivity index (χ1) is 11.6. The molecule has 0 amide bonds. The quantitative estimate of drug-likeness (QED) is 0.693. The predicted molar refractivity (Wildman–Crippen MR) is 94.0 cm³/mol. The van der Waals surface area contributed by atoms with Gasteiger partial charge in [0.15, 0.2) is 0 Å². The molecule has 0 spiro atoms. The number of hydrogen-bond acceptors (Lipinski definition) is 5. The SMILES string of the molecule is Cc1cccc(-c2nc(-c3ccccc3OCCN(C)C)no2)c1. The molecule has 124 valence electrons. The number of aryl methyl sites for hydroxylation is 1. The highest BCUT2D eigenvalue weighted by atomic mass is 16.5. The number of para-hydroxylation sites is 1. The first-order valence-corrected chi connectivity index (χ1v) is 7.91. The van der Waals surface area contributed by atoms with Gasteiger partial charge in [0.2, 0.25) is 5.82 Å². The Hall–Kier alpha value is -2.66. The van der Waals surface area contributed by atoms with E-state index in [2.05, 4.69) is 15.0 Å². The summed E-state index contributed by atoms with van der Waals surface area (Å²) < 4.78 is 11.3. The molecule has 3 rings (SSSR count). The molecule has 5 nitrogen and oxygen atoms in total. The molecule has 1 aromatic heterocycles. The van der Waals surface area contributed by atoms with E-state index in [-0.39, 0.29) is 0 Å². The van der Waals surface area contributed by atoms with Crippen molar-refractivity contribution in [2.24, 2.45) is 0 Å². The molecule has 0 bridgehead atoms. The van der Waals surface area contributed by atoms with Gasteiger partial charge in [0.25, 0.3) is 5.89 Å². The van der Waals surface area contributed by atoms with Gasteiger partial charge in [0.05, 0.1) is 5.56 Å². The van der Waals surface area contributed by atoms with Crippen LogP contribution in [0.5, 0.6) is 5.75 Å². The van der Waals surface area contributed by atoms with Crippen molar-refractivity contribution in [2.45, 2.75) is 6.92 Å². The Labute approximate surface area is 141 Å². The van der Waals surface area contributed by atoms with Crippen LogP contribution in [0.15, 0.2) is 53.1 Å². The fourth-order valence-corrected chi connectivity index (χ4v) is 2.34. The van der Waals surface area contributed by atoms with Crippen LogP contribution in [0.3, 0.4) is 0 Å². The molecule has 0 unspecified atom stereocenters. The average molecular weight is 323 g/mol. The molecule has 0 aliphatic carbocycles. The second-order valence-electron chi connectivity index (χ2n) is 5.94. The zero-order chi connectivity index (χ0) is 16.9. The lowest BCUT2D eigenvalue weighted by Crippen LogP contribution is -2.19. The second kappa shape index (κ2) is 7.27. The number of rotatable bonds is 6. The summed E-state index contributed by atoms with van der Waals surface area (Å²) in [7, 11) is 4.03. The summed E-state index contributed by atoms with van der Waals surface area (Å²) in [6, 6.07) is 15.7. The van der Waals surface area contributed by atoms with Crippen LogP contribution in [0, 0.1) is 6.92 Å². The van der Waals surface area contributed by atoms with Crippen molar-refractivity contribution < 1.29 is 9.26 Å². The van der Waals surface area contributed by atoms with Gasteiger partial charge >= 0.3 is 0 Å². The fourth-order valence-electron chi connectivity index (χ4n) is 2.34. The van der Waals surface area contributed by atoms with E-state index in [9.17, 15) is 0 Å². The summed E-state index contributed by atoms with van der Waals surface area (Å²) in [6.07, 6.45) is 0. The van der Waals surface area contributed by atoms with E-state index < -0.39 is 0 Å². The lowest BCUT2D eigenvalue weighted by Gasteiger charge is -2.12. The van der Waals surface area contributed by atoms with E-state index in [1.54, 1.807) is 0 Å². The van der Waals surface area contributed by atoms with Crippen molar-refractivity contribution in [3.63, 3.8) is 0 Å². The number of ether oxygens (including phenoxy) is 1. The molecule has 0 aliphatic heterocycles. The Balaban J connectivity index is 1.85. The summed E-state index contributed by atoms with van der Waals surface area (Å²) in [6.45, 7) is 3.48. The average Bonchev–Trinajstić information content (AvgIpc) is 3.05. The highest BCUT2D eigenvalue weighted by molar-refractivity contribution is 5.66.